The van der Waals surface area contributed by atoms with E-state index in [1.807, 2.05) is 0 Å². The molecule has 0 saturated carbocycles. The molecule has 2 rings (SSSR count). The maximum atomic E-state index is 12.5. The van der Waals surface area contributed by atoms with Crippen LogP contribution in [0.4, 0.5) is 13.2 Å². The summed E-state index contributed by atoms with van der Waals surface area (Å²) in [5.41, 5.74) is -0.443. The van der Waals surface area contributed by atoms with Gasteiger partial charge in [-0.05, 0) is 12.1 Å². The van der Waals surface area contributed by atoms with Crippen LogP contribution in [0.3, 0.4) is 0 Å². The van der Waals surface area contributed by atoms with Gasteiger partial charge in [0.15, 0.2) is 0 Å². The zero-order chi connectivity index (χ0) is 14.0. The molecular weight excluding hydrogens is 261 g/mol. The summed E-state index contributed by atoms with van der Waals surface area (Å²) in [6.07, 6.45) is -4.92. The quantitative estimate of drug-likeness (QED) is 0.932. The molecule has 0 spiro atoms. The summed E-state index contributed by atoms with van der Waals surface area (Å²) in [6.45, 7) is 0. The van der Waals surface area contributed by atoms with Crippen LogP contribution in [0, 0.1) is 0 Å². The Morgan fingerprint density at radius 2 is 1.89 bits per heavy atom. The van der Waals surface area contributed by atoms with E-state index in [0.29, 0.717) is 5.69 Å². The minimum Gasteiger partial charge on any atom is -0.478 e. The van der Waals surface area contributed by atoms with Gasteiger partial charge in [-0.15, -0.1) is 0 Å². The maximum Gasteiger partial charge on any atom is 0.394 e. The number of hydrogen-bond acceptors (Lipinski definition) is 2. The van der Waals surface area contributed by atoms with Gasteiger partial charge in [-0.25, -0.2) is 9.48 Å². The van der Waals surface area contributed by atoms with E-state index in [2.05, 4.69) is 5.10 Å². The molecule has 19 heavy (non-hydrogen) atoms. The SMILES string of the molecule is O=C(O)c1cnn(-c2ccccc2)c1CC(F)(F)F. The van der Waals surface area contributed by atoms with Crippen molar-refractivity contribution in [3.8, 4) is 5.69 Å². The first-order valence-electron chi connectivity index (χ1n) is 5.31. The van der Waals surface area contributed by atoms with E-state index in [4.69, 9.17) is 5.11 Å². The van der Waals surface area contributed by atoms with Gasteiger partial charge in [0.2, 0.25) is 0 Å². The van der Waals surface area contributed by atoms with E-state index in [0.717, 1.165) is 10.9 Å². The molecule has 4 nitrogen and oxygen atoms in total. The number of carbonyl (C=O) groups is 1. The molecule has 0 aliphatic heterocycles. The Morgan fingerprint density at radius 3 is 2.42 bits per heavy atom. The molecule has 0 atom stereocenters. The third kappa shape index (κ3) is 2.93. The van der Waals surface area contributed by atoms with Gasteiger partial charge in [0.1, 0.15) is 5.56 Å². The van der Waals surface area contributed by atoms with Crippen LogP contribution in [0.25, 0.3) is 5.69 Å². The molecule has 100 valence electrons. The van der Waals surface area contributed by atoms with E-state index in [1.54, 1.807) is 30.3 Å². The highest BCUT2D eigenvalue weighted by Crippen LogP contribution is 2.25. The van der Waals surface area contributed by atoms with Crippen LogP contribution in [-0.4, -0.2) is 27.0 Å². The van der Waals surface area contributed by atoms with Crippen molar-refractivity contribution in [2.24, 2.45) is 0 Å². The summed E-state index contributed by atoms with van der Waals surface area (Å²) in [6, 6.07) is 8.08. The average Bonchev–Trinajstić information content (AvgIpc) is 2.71. The Hall–Kier alpha value is -2.31. The first-order chi connectivity index (χ1) is 8.88. The summed E-state index contributed by atoms with van der Waals surface area (Å²) in [5.74, 6) is -1.43. The second-order valence-electron chi connectivity index (χ2n) is 3.85. The zero-order valence-electron chi connectivity index (χ0n) is 9.55. The second-order valence-corrected chi connectivity index (χ2v) is 3.85. The minimum absolute atomic E-state index is 0.383. The third-order valence-electron chi connectivity index (χ3n) is 2.47. The summed E-state index contributed by atoms with van der Waals surface area (Å²) in [5, 5.41) is 12.6. The first-order valence-corrected chi connectivity index (χ1v) is 5.31. The van der Waals surface area contributed by atoms with Gasteiger partial charge >= 0.3 is 12.1 Å². The molecule has 7 heteroatoms. The topological polar surface area (TPSA) is 55.1 Å². The van der Waals surface area contributed by atoms with Crippen molar-refractivity contribution in [2.75, 3.05) is 0 Å². The van der Waals surface area contributed by atoms with E-state index < -0.39 is 24.1 Å². The number of aromatic carboxylic acids is 1. The van der Waals surface area contributed by atoms with E-state index in [9.17, 15) is 18.0 Å². The number of para-hydroxylation sites is 1. The van der Waals surface area contributed by atoms with Crippen LogP contribution in [0.15, 0.2) is 36.5 Å². The lowest BCUT2D eigenvalue weighted by molar-refractivity contribution is -0.128. The molecule has 1 aromatic heterocycles. The highest BCUT2D eigenvalue weighted by atomic mass is 19.4. The number of benzene rings is 1. The molecule has 0 aliphatic carbocycles. The van der Waals surface area contributed by atoms with Crippen molar-refractivity contribution in [1.29, 1.82) is 0 Å². The van der Waals surface area contributed by atoms with Crippen LogP contribution in [0.2, 0.25) is 0 Å². The molecule has 2 aromatic rings. The van der Waals surface area contributed by atoms with Gasteiger partial charge in [-0.2, -0.15) is 18.3 Å². The molecular formula is C12H9F3N2O2. The minimum atomic E-state index is -4.50. The average molecular weight is 270 g/mol. The Kier molecular flexibility index (Phi) is 3.28. The van der Waals surface area contributed by atoms with Crippen LogP contribution in [0.1, 0.15) is 16.1 Å². The van der Waals surface area contributed by atoms with Crippen molar-refractivity contribution < 1.29 is 23.1 Å². The molecule has 1 heterocycles. The normalized spacial score (nSPS) is 11.5. The van der Waals surface area contributed by atoms with Crippen LogP contribution >= 0.6 is 0 Å². The molecule has 0 fully saturated rings. The standard InChI is InChI=1S/C12H9F3N2O2/c13-12(14,15)6-10-9(11(18)19)7-16-17(10)8-4-2-1-3-5-8/h1-5,7H,6H2,(H,18,19). The summed E-state index contributed by atoms with van der Waals surface area (Å²) < 4.78 is 38.6. The lowest BCUT2D eigenvalue weighted by atomic mass is 10.2. The molecule has 0 amide bonds. The highest BCUT2D eigenvalue weighted by molar-refractivity contribution is 5.88. The van der Waals surface area contributed by atoms with Gasteiger partial charge < -0.3 is 5.11 Å². The number of aromatic nitrogens is 2. The predicted molar refractivity (Wildman–Crippen MR) is 60.3 cm³/mol. The van der Waals surface area contributed by atoms with Crippen molar-refractivity contribution in [3.05, 3.63) is 47.8 Å². The van der Waals surface area contributed by atoms with Crippen LogP contribution < -0.4 is 0 Å². The summed E-state index contributed by atoms with van der Waals surface area (Å²) in [7, 11) is 0. The Bertz CT molecular complexity index is 591. The monoisotopic (exact) mass is 270 g/mol. The first kappa shape index (κ1) is 13.1. The van der Waals surface area contributed by atoms with Crippen molar-refractivity contribution in [3.63, 3.8) is 0 Å². The zero-order valence-corrected chi connectivity index (χ0v) is 9.55. The second kappa shape index (κ2) is 4.75. The van der Waals surface area contributed by atoms with Gasteiger partial charge in [0, 0.05) is 0 Å². The number of carboxylic acids is 1. The Balaban J connectivity index is 2.53. The number of nitrogens with zero attached hydrogens (tertiary/aromatic N) is 2. The van der Waals surface area contributed by atoms with Gasteiger partial charge in [0.05, 0.1) is 24.0 Å². The summed E-state index contributed by atoms with van der Waals surface area (Å²) in [4.78, 5) is 10.9. The van der Waals surface area contributed by atoms with E-state index in [1.165, 1.54) is 0 Å². The molecule has 1 N–H and O–H groups in total. The number of rotatable bonds is 3. The third-order valence-corrected chi connectivity index (χ3v) is 2.47. The molecule has 1 aromatic carbocycles. The molecule has 0 bridgehead atoms. The number of alkyl halides is 3. The molecule has 0 unspecified atom stereocenters. The van der Waals surface area contributed by atoms with Gasteiger partial charge in [0.25, 0.3) is 0 Å². The van der Waals surface area contributed by atoms with Crippen molar-refractivity contribution >= 4 is 5.97 Å². The number of hydrogen-bond donors (Lipinski definition) is 1. The largest absolute Gasteiger partial charge is 0.478 e. The lowest BCUT2D eigenvalue weighted by Gasteiger charge is -2.10. The fraction of sp³-hybridized carbons (Fsp3) is 0.167. The molecule has 0 radical (unpaired) electrons. The molecule has 0 saturated heterocycles. The van der Waals surface area contributed by atoms with Crippen LogP contribution in [0.5, 0.6) is 0 Å². The number of carboxylic acid groups (broad SMARTS) is 1. The van der Waals surface area contributed by atoms with Crippen molar-refractivity contribution in [1.82, 2.24) is 9.78 Å². The smallest absolute Gasteiger partial charge is 0.394 e. The highest BCUT2D eigenvalue weighted by Gasteiger charge is 2.33. The summed E-state index contributed by atoms with van der Waals surface area (Å²) >= 11 is 0. The fourth-order valence-electron chi connectivity index (χ4n) is 1.70. The Labute approximate surface area is 106 Å². The van der Waals surface area contributed by atoms with E-state index >= 15 is 0 Å². The van der Waals surface area contributed by atoms with Crippen molar-refractivity contribution in [2.45, 2.75) is 12.6 Å². The van der Waals surface area contributed by atoms with Gasteiger partial charge in [-0.3, -0.25) is 0 Å². The van der Waals surface area contributed by atoms with Crippen LogP contribution in [-0.2, 0) is 6.42 Å². The van der Waals surface area contributed by atoms with E-state index in [-0.39, 0.29) is 5.69 Å². The lowest BCUT2D eigenvalue weighted by Crippen LogP contribution is -2.17. The predicted octanol–water partition coefficient (Wildman–Crippen LogP) is 2.68. The van der Waals surface area contributed by atoms with Gasteiger partial charge in [-0.1, -0.05) is 18.2 Å². The maximum absolute atomic E-state index is 12.5. The molecule has 0 aliphatic rings. The number of halogens is 3. The fourth-order valence-corrected chi connectivity index (χ4v) is 1.70. The Morgan fingerprint density at radius 1 is 1.26 bits per heavy atom.